The van der Waals surface area contributed by atoms with Gasteiger partial charge in [0, 0.05) is 12.1 Å². The topological polar surface area (TPSA) is 60.2 Å². The number of hydrogen-bond acceptors (Lipinski definition) is 4. The van der Waals surface area contributed by atoms with E-state index in [1.165, 1.54) is 6.42 Å². The van der Waals surface area contributed by atoms with Crippen molar-refractivity contribution in [2.24, 2.45) is 0 Å². The molecule has 1 aliphatic rings. The molecule has 0 aromatic carbocycles. The van der Waals surface area contributed by atoms with E-state index in [9.17, 15) is 0 Å². The van der Waals surface area contributed by atoms with Crippen LogP contribution in [0.15, 0.2) is 12.3 Å². The van der Waals surface area contributed by atoms with Crippen molar-refractivity contribution in [2.75, 3.05) is 12.3 Å². The molecule has 1 fully saturated rings. The molecule has 0 bridgehead atoms. The molecular formula is C11H17N3O. The fourth-order valence-electron chi connectivity index (χ4n) is 1.60. The lowest BCUT2D eigenvalue weighted by Crippen LogP contribution is -2.51. The van der Waals surface area contributed by atoms with Crippen LogP contribution >= 0.6 is 0 Å². The quantitative estimate of drug-likeness (QED) is 0.779. The van der Waals surface area contributed by atoms with Crippen molar-refractivity contribution in [2.45, 2.75) is 32.4 Å². The Bertz CT molecular complexity index is 350. The molecule has 4 nitrogen and oxygen atoms in total. The van der Waals surface area contributed by atoms with Crippen LogP contribution in [0.4, 0.5) is 5.69 Å². The summed E-state index contributed by atoms with van der Waals surface area (Å²) in [5.74, 6) is 0.749. The predicted octanol–water partition coefficient (Wildman–Crippen LogP) is 1.10. The van der Waals surface area contributed by atoms with Crippen molar-refractivity contribution in [1.29, 1.82) is 0 Å². The van der Waals surface area contributed by atoms with Crippen LogP contribution in [0, 0.1) is 6.92 Å². The molecule has 1 aromatic rings. The van der Waals surface area contributed by atoms with Crippen molar-refractivity contribution in [3.63, 3.8) is 0 Å². The molecule has 2 rings (SSSR count). The van der Waals surface area contributed by atoms with E-state index < -0.39 is 0 Å². The van der Waals surface area contributed by atoms with Gasteiger partial charge in [0.05, 0.1) is 17.6 Å². The lowest BCUT2D eigenvalue weighted by molar-refractivity contribution is 0.133. The summed E-state index contributed by atoms with van der Waals surface area (Å²) in [6, 6.07) is 2.30. The maximum absolute atomic E-state index is 5.76. The average Bonchev–Trinajstić information content (AvgIpc) is 2.08. The SMILES string of the molecule is Cc1ncc(OC(C)[C@@H]2CCN2)cc1N. The van der Waals surface area contributed by atoms with Crippen molar-refractivity contribution >= 4 is 5.69 Å². The van der Waals surface area contributed by atoms with Gasteiger partial charge in [-0.3, -0.25) is 4.98 Å². The van der Waals surface area contributed by atoms with Gasteiger partial charge in [-0.2, -0.15) is 0 Å². The number of aromatic nitrogens is 1. The van der Waals surface area contributed by atoms with E-state index >= 15 is 0 Å². The fourth-order valence-corrected chi connectivity index (χ4v) is 1.60. The second-order valence-electron chi connectivity index (χ2n) is 4.02. The predicted molar refractivity (Wildman–Crippen MR) is 59.9 cm³/mol. The maximum Gasteiger partial charge on any atom is 0.140 e. The highest BCUT2D eigenvalue weighted by atomic mass is 16.5. The van der Waals surface area contributed by atoms with Gasteiger partial charge in [-0.15, -0.1) is 0 Å². The summed E-state index contributed by atoms with van der Waals surface area (Å²) in [6.45, 7) is 5.04. The van der Waals surface area contributed by atoms with Gasteiger partial charge in [-0.05, 0) is 26.8 Å². The fraction of sp³-hybridized carbons (Fsp3) is 0.545. The normalized spacial score (nSPS) is 21.9. The molecule has 1 aromatic heterocycles. The molecule has 1 saturated heterocycles. The zero-order valence-corrected chi connectivity index (χ0v) is 9.16. The Labute approximate surface area is 89.8 Å². The third-order valence-corrected chi connectivity index (χ3v) is 2.85. The Hall–Kier alpha value is -1.29. The lowest BCUT2D eigenvalue weighted by Gasteiger charge is -2.33. The number of nitrogens with zero attached hydrogens (tertiary/aromatic N) is 1. The first-order chi connectivity index (χ1) is 7.16. The number of nitrogen functional groups attached to an aromatic ring is 1. The van der Waals surface area contributed by atoms with Crippen LogP contribution in [-0.2, 0) is 0 Å². The van der Waals surface area contributed by atoms with Crippen LogP contribution in [0.5, 0.6) is 5.75 Å². The molecule has 3 N–H and O–H groups in total. The number of nitrogens with one attached hydrogen (secondary N) is 1. The molecule has 2 atom stereocenters. The number of rotatable bonds is 3. The largest absolute Gasteiger partial charge is 0.487 e. The van der Waals surface area contributed by atoms with Crippen LogP contribution in [0.3, 0.4) is 0 Å². The van der Waals surface area contributed by atoms with Crippen LogP contribution < -0.4 is 15.8 Å². The van der Waals surface area contributed by atoms with E-state index in [-0.39, 0.29) is 6.10 Å². The second kappa shape index (κ2) is 4.06. The standard InChI is InChI=1S/C11H17N3O/c1-7-10(12)5-9(6-14-7)15-8(2)11-3-4-13-11/h5-6,8,11,13H,3-4,12H2,1-2H3/t8?,11-/m0/s1. The minimum absolute atomic E-state index is 0.169. The zero-order valence-electron chi connectivity index (χ0n) is 9.16. The minimum Gasteiger partial charge on any atom is -0.487 e. The molecule has 1 aliphatic heterocycles. The third kappa shape index (κ3) is 2.21. The van der Waals surface area contributed by atoms with E-state index in [4.69, 9.17) is 10.5 Å². The molecule has 15 heavy (non-hydrogen) atoms. The van der Waals surface area contributed by atoms with Crippen molar-refractivity contribution < 1.29 is 4.74 Å². The Kier molecular flexibility index (Phi) is 2.77. The van der Waals surface area contributed by atoms with E-state index in [1.54, 1.807) is 6.20 Å². The Balaban J connectivity index is 2.00. The van der Waals surface area contributed by atoms with E-state index in [0.717, 1.165) is 18.0 Å². The van der Waals surface area contributed by atoms with E-state index in [1.807, 2.05) is 13.0 Å². The summed E-state index contributed by atoms with van der Waals surface area (Å²) >= 11 is 0. The highest BCUT2D eigenvalue weighted by Gasteiger charge is 2.24. The first kappa shape index (κ1) is 10.2. The highest BCUT2D eigenvalue weighted by molar-refractivity contribution is 5.46. The second-order valence-corrected chi connectivity index (χ2v) is 4.02. The minimum atomic E-state index is 0.169. The van der Waals surface area contributed by atoms with Crippen LogP contribution in [0.1, 0.15) is 19.0 Å². The van der Waals surface area contributed by atoms with Gasteiger partial charge in [-0.1, -0.05) is 0 Å². The molecular weight excluding hydrogens is 190 g/mol. The Morgan fingerprint density at radius 2 is 2.40 bits per heavy atom. The molecule has 82 valence electrons. The maximum atomic E-state index is 5.76. The molecule has 1 unspecified atom stereocenters. The summed E-state index contributed by atoms with van der Waals surface area (Å²) < 4.78 is 5.75. The summed E-state index contributed by atoms with van der Waals surface area (Å²) in [4.78, 5) is 4.16. The number of ether oxygens (including phenoxy) is 1. The first-order valence-electron chi connectivity index (χ1n) is 5.29. The van der Waals surface area contributed by atoms with Crippen LogP contribution in [0.2, 0.25) is 0 Å². The summed E-state index contributed by atoms with van der Waals surface area (Å²) in [6.07, 6.45) is 3.07. The molecule has 0 amide bonds. The summed E-state index contributed by atoms with van der Waals surface area (Å²) in [7, 11) is 0. The van der Waals surface area contributed by atoms with Crippen LogP contribution in [-0.4, -0.2) is 23.7 Å². The summed E-state index contributed by atoms with van der Waals surface area (Å²) in [5, 5.41) is 3.31. The number of nitrogens with two attached hydrogens (primary N) is 1. The molecule has 0 spiro atoms. The van der Waals surface area contributed by atoms with Gasteiger partial charge in [0.2, 0.25) is 0 Å². The van der Waals surface area contributed by atoms with Crippen molar-refractivity contribution in [1.82, 2.24) is 10.3 Å². The first-order valence-corrected chi connectivity index (χ1v) is 5.29. The van der Waals surface area contributed by atoms with Gasteiger partial charge < -0.3 is 15.8 Å². The highest BCUT2D eigenvalue weighted by Crippen LogP contribution is 2.20. The van der Waals surface area contributed by atoms with Gasteiger partial charge >= 0.3 is 0 Å². The molecule has 0 saturated carbocycles. The number of anilines is 1. The number of pyridine rings is 1. The smallest absolute Gasteiger partial charge is 0.140 e. The van der Waals surface area contributed by atoms with Crippen molar-refractivity contribution in [3.05, 3.63) is 18.0 Å². The zero-order chi connectivity index (χ0) is 10.8. The average molecular weight is 207 g/mol. The third-order valence-electron chi connectivity index (χ3n) is 2.85. The molecule has 0 radical (unpaired) electrons. The van der Waals surface area contributed by atoms with Gasteiger partial charge in [0.15, 0.2) is 0 Å². The van der Waals surface area contributed by atoms with E-state index in [0.29, 0.717) is 11.7 Å². The van der Waals surface area contributed by atoms with Gasteiger partial charge in [0.1, 0.15) is 11.9 Å². The van der Waals surface area contributed by atoms with Gasteiger partial charge in [-0.25, -0.2) is 0 Å². The Morgan fingerprint density at radius 3 is 2.93 bits per heavy atom. The molecule has 4 heteroatoms. The number of aryl methyl sites for hydroxylation is 1. The Morgan fingerprint density at radius 1 is 1.67 bits per heavy atom. The summed E-state index contributed by atoms with van der Waals surface area (Å²) in [5.41, 5.74) is 7.29. The lowest BCUT2D eigenvalue weighted by atomic mass is 10.0. The van der Waals surface area contributed by atoms with Crippen molar-refractivity contribution in [3.8, 4) is 5.75 Å². The van der Waals surface area contributed by atoms with Gasteiger partial charge in [0.25, 0.3) is 0 Å². The molecule has 2 heterocycles. The number of hydrogen-bond donors (Lipinski definition) is 2. The monoisotopic (exact) mass is 207 g/mol. The molecule has 0 aliphatic carbocycles. The van der Waals surface area contributed by atoms with E-state index in [2.05, 4.69) is 17.2 Å². The van der Waals surface area contributed by atoms with Crippen LogP contribution in [0.25, 0.3) is 0 Å².